The van der Waals surface area contributed by atoms with Gasteiger partial charge >= 0.3 is 24.1 Å². The van der Waals surface area contributed by atoms with E-state index in [1.165, 1.54) is 19.6 Å². The molecule has 4 N–H and O–H groups in total. The van der Waals surface area contributed by atoms with Crippen LogP contribution in [0.25, 0.3) is 0 Å². The minimum atomic E-state index is -0.568. The number of hydrogen-bond donors (Lipinski definition) is 4. The van der Waals surface area contributed by atoms with Crippen molar-refractivity contribution in [2.24, 2.45) is 0 Å². The number of hydrogen-bond acceptors (Lipinski definition) is 4. The van der Waals surface area contributed by atoms with Crippen molar-refractivity contribution in [1.29, 1.82) is 0 Å². The van der Waals surface area contributed by atoms with E-state index >= 15 is 0 Å². The summed E-state index contributed by atoms with van der Waals surface area (Å²) >= 11 is 0. The number of carbonyl (C=O) groups is 4. The highest BCUT2D eigenvalue weighted by Crippen LogP contribution is 2.31. The number of rotatable bonds is 0. The first-order chi connectivity index (χ1) is 10.5. The van der Waals surface area contributed by atoms with Gasteiger partial charge < -0.3 is 21.3 Å². The second-order valence-corrected chi connectivity index (χ2v) is 5.74. The summed E-state index contributed by atoms with van der Waals surface area (Å²) in [7, 11) is 0. The van der Waals surface area contributed by atoms with Crippen molar-refractivity contribution < 1.29 is 19.2 Å². The van der Waals surface area contributed by atoms with Crippen LogP contribution in [0.4, 0.5) is 19.2 Å². The Kier molecular flexibility index (Phi) is 1.84. The van der Waals surface area contributed by atoms with Gasteiger partial charge in [0.2, 0.25) is 0 Å². The Morgan fingerprint density at radius 2 is 0.864 bits per heavy atom. The summed E-state index contributed by atoms with van der Waals surface area (Å²) in [4.78, 5) is 54.0. The van der Waals surface area contributed by atoms with E-state index in [4.69, 9.17) is 0 Å². The highest BCUT2D eigenvalue weighted by atomic mass is 16.2. The van der Waals surface area contributed by atoms with Crippen LogP contribution in [0, 0.1) is 0 Å². The van der Waals surface area contributed by atoms with Crippen LogP contribution < -0.4 is 21.3 Å². The molecule has 5 aliphatic rings. The summed E-state index contributed by atoms with van der Waals surface area (Å²) in [5.41, 5.74) is 0. The highest BCUT2D eigenvalue weighted by molar-refractivity contribution is 5.88. The van der Waals surface area contributed by atoms with E-state index < -0.39 is 24.7 Å². The van der Waals surface area contributed by atoms with E-state index in [9.17, 15) is 19.2 Å². The Balaban J connectivity index is 1.60. The molecule has 0 radical (unpaired) electrons. The molecule has 5 fully saturated rings. The monoisotopic (exact) mass is 308 g/mol. The summed E-state index contributed by atoms with van der Waals surface area (Å²) in [6, 6.07) is -1.44. The fourth-order valence-corrected chi connectivity index (χ4v) is 3.69. The van der Waals surface area contributed by atoms with E-state index in [1.54, 1.807) is 0 Å². The van der Waals surface area contributed by atoms with Crippen LogP contribution in [0.3, 0.4) is 0 Å². The molecule has 0 aromatic rings. The molecule has 0 atom stereocenters. The van der Waals surface area contributed by atoms with Crippen molar-refractivity contribution >= 4 is 24.1 Å². The number of amides is 8. The van der Waals surface area contributed by atoms with Gasteiger partial charge in [0, 0.05) is 0 Å². The maximum Gasteiger partial charge on any atom is 0.322 e. The molecule has 0 saturated carbocycles. The maximum absolute atomic E-state index is 12.1. The fourth-order valence-electron chi connectivity index (χ4n) is 3.69. The van der Waals surface area contributed by atoms with Crippen molar-refractivity contribution in [3.63, 3.8) is 0 Å². The second-order valence-electron chi connectivity index (χ2n) is 5.74. The zero-order chi connectivity index (χ0) is 15.2. The van der Waals surface area contributed by atoms with Crippen LogP contribution in [0.1, 0.15) is 0 Å². The molecule has 5 saturated heterocycles. The van der Waals surface area contributed by atoms with E-state index in [0.29, 0.717) is 0 Å². The number of nitrogens with one attached hydrogen (secondary N) is 4. The first-order valence-corrected chi connectivity index (χ1v) is 6.83. The zero-order valence-corrected chi connectivity index (χ0v) is 11.1. The van der Waals surface area contributed by atoms with Crippen molar-refractivity contribution in [3.05, 3.63) is 0 Å². The van der Waals surface area contributed by atoms with Crippen LogP contribution in [0.2, 0.25) is 0 Å². The van der Waals surface area contributed by atoms with Gasteiger partial charge in [-0.2, -0.15) is 0 Å². The third-order valence-electron chi connectivity index (χ3n) is 4.64. The molecule has 5 heterocycles. The Bertz CT molecular complexity index is 536. The molecule has 5 rings (SSSR count). The standard InChI is InChI=1S/C10H12N8O4/c19-7-11-3-5-15(7)1-16-6-4(12-8(16)20)14-10(22)18(6)2-17(5)9(21)13-3/h3-6H,1-2H2,(H,11,19)(H,12,20)(H,13,21)(H,14,22)/t3-,4+,5+,6-. The molecule has 0 aliphatic carbocycles. The molecular formula is C10H12N8O4. The second kappa shape index (κ2) is 3.45. The third kappa shape index (κ3) is 1.18. The lowest BCUT2D eigenvalue weighted by Crippen LogP contribution is -2.61. The number of urea groups is 4. The van der Waals surface area contributed by atoms with Crippen LogP contribution in [-0.4, -0.2) is 81.7 Å². The maximum atomic E-state index is 12.1. The molecule has 0 bridgehead atoms. The van der Waals surface area contributed by atoms with Gasteiger partial charge in [-0.3, -0.25) is 19.6 Å². The predicted octanol–water partition coefficient (Wildman–Crippen LogP) is -2.68. The van der Waals surface area contributed by atoms with E-state index in [0.717, 1.165) is 0 Å². The molecule has 116 valence electrons. The van der Waals surface area contributed by atoms with E-state index in [1.807, 2.05) is 0 Å². The average Bonchev–Trinajstić information content (AvgIpc) is 3.05. The largest absolute Gasteiger partial charge is 0.322 e. The number of nitrogens with zero attached hydrogens (tertiary/aromatic N) is 4. The molecule has 12 nitrogen and oxygen atoms in total. The van der Waals surface area contributed by atoms with Gasteiger partial charge in [0.15, 0.2) is 12.3 Å². The van der Waals surface area contributed by atoms with Gasteiger partial charge in [0.05, 0.1) is 0 Å². The topological polar surface area (TPSA) is 129 Å². The number of carbonyl (C=O) groups excluding carboxylic acids is 4. The first kappa shape index (κ1) is 11.7. The van der Waals surface area contributed by atoms with Gasteiger partial charge in [-0.15, -0.1) is 0 Å². The molecule has 0 aromatic heterocycles. The molecule has 8 amide bonds. The fraction of sp³-hybridized carbons (Fsp3) is 0.600. The molecule has 22 heavy (non-hydrogen) atoms. The summed E-state index contributed by atoms with van der Waals surface area (Å²) in [6.07, 6.45) is -2.24. The van der Waals surface area contributed by atoms with Gasteiger partial charge in [0.25, 0.3) is 0 Å². The highest BCUT2D eigenvalue weighted by Gasteiger charge is 2.59. The van der Waals surface area contributed by atoms with Crippen molar-refractivity contribution in [3.8, 4) is 0 Å². The molecular weight excluding hydrogens is 296 g/mol. The molecule has 0 unspecified atom stereocenters. The SMILES string of the molecule is O=C1N[C@H]2NC(=O)N3CN4C(=O)N[C@H]5NC(=O)N(CN1[C@@H]23)[C@H]54. The first-order valence-electron chi connectivity index (χ1n) is 6.83. The van der Waals surface area contributed by atoms with Crippen LogP contribution in [-0.2, 0) is 0 Å². The Morgan fingerprint density at radius 3 is 1.14 bits per heavy atom. The quantitative estimate of drug-likeness (QED) is 0.388. The Morgan fingerprint density at radius 1 is 0.591 bits per heavy atom. The van der Waals surface area contributed by atoms with Gasteiger partial charge in [-0.1, -0.05) is 0 Å². The van der Waals surface area contributed by atoms with Crippen LogP contribution in [0.5, 0.6) is 0 Å². The van der Waals surface area contributed by atoms with Crippen LogP contribution in [0.15, 0.2) is 0 Å². The smallest absolute Gasteiger partial charge is 0.314 e. The molecule has 0 aromatic carbocycles. The minimum Gasteiger partial charge on any atom is -0.314 e. The summed E-state index contributed by atoms with van der Waals surface area (Å²) in [6.45, 7) is -0.00611. The third-order valence-corrected chi connectivity index (χ3v) is 4.64. The summed E-state index contributed by atoms with van der Waals surface area (Å²) in [5.74, 6) is 0. The van der Waals surface area contributed by atoms with Crippen molar-refractivity contribution in [1.82, 2.24) is 40.9 Å². The lowest BCUT2D eigenvalue weighted by Gasteiger charge is -2.40. The van der Waals surface area contributed by atoms with Crippen molar-refractivity contribution in [2.45, 2.75) is 24.7 Å². The summed E-state index contributed by atoms with van der Waals surface area (Å²) in [5, 5.41) is 10.6. The molecule has 0 spiro atoms. The normalized spacial score (nSPS) is 38.2. The van der Waals surface area contributed by atoms with Gasteiger partial charge in [-0.05, 0) is 0 Å². The van der Waals surface area contributed by atoms with E-state index in [2.05, 4.69) is 21.3 Å². The van der Waals surface area contributed by atoms with E-state index in [-0.39, 0.29) is 37.5 Å². The Hall–Kier alpha value is -2.92. The van der Waals surface area contributed by atoms with Gasteiger partial charge in [0.1, 0.15) is 25.7 Å². The predicted molar refractivity (Wildman–Crippen MR) is 66.4 cm³/mol. The van der Waals surface area contributed by atoms with Gasteiger partial charge in [-0.25, -0.2) is 19.2 Å². The minimum absolute atomic E-state index is 0.00306. The van der Waals surface area contributed by atoms with Crippen LogP contribution >= 0.6 is 0 Å². The molecule has 12 heteroatoms. The lowest BCUT2D eigenvalue weighted by molar-refractivity contribution is -0.0000204. The molecule has 5 aliphatic heterocycles. The Labute approximate surface area is 123 Å². The van der Waals surface area contributed by atoms with Crippen molar-refractivity contribution in [2.75, 3.05) is 13.3 Å². The average molecular weight is 308 g/mol. The zero-order valence-electron chi connectivity index (χ0n) is 11.1. The lowest BCUT2D eigenvalue weighted by atomic mass is 10.3. The summed E-state index contributed by atoms with van der Waals surface area (Å²) < 4.78 is 0.